The first-order chi connectivity index (χ1) is 10.2. The summed E-state index contributed by atoms with van der Waals surface area (Å²) in [4.78, 5) is 15.2. The monoisotopic (exact) mass is 286 g/mol. The van der Waals surface area contributed by atoms with Gasteiger partial charge in [-0.25, -0.2) is 0 Å². The largest absolute Gasteiger partial charge is 0.335 e. The van der Waals surface area contributed by atoms with Gasteiger partial charge in [-0.1, -0.05) is 36.8 Å². The van der Waals surface area contributed by atoms with E-state index in [1.807, 2.05) is 18.2 Å². The Kier molecular flexibility index (Phi) is 4.03. The van der Waals surface area contributed by atoms with Crippen molar-refractivity contribution < 1.29 is 4.79 Å². The normalized spacial score (nSPS) is 21.4. The summed E-state index contributed by atoms with van der Waals surface area (Å²) in [5.41, 5.74) is 6.89. The van der Waals surface area contributed by atoms with Crippen molar-refractivity contribution in [3.63, 3.8) is 0 Å². The van der Waals surface area contributed by atoms with Crippen molar-refractivity contribution >= 4 is 5.91 Å². The van der Waals surface area contributed by atoms with Crippen LogP contribution in [0.2, 0.25) is 0 Å². The Morgan fingerprint density at radius 1 is 1.33 bits per heavy atom. The van der Waals surface area contributed by atoms with Crippen LogP contribution in [0.25, 0.3) is 0 Å². The van der Waals surface area contributed by atoms with Crippen LogP contribution in [0.1, 0.15) is 44.6 Å². The van der Waals surface area contributed by atoms with Gasteiger partial charge in [0.05, 0.1) is 5.41 Å². The summed E-state index contributed by atoms with van der Waals surface area (Å²) in [6.45, 7) is 3.43. The van der Waals surface area contributed by atoms with E-state index in [2.05, 4.69) is 24.0 Å². The lowest BCUT2D eigenvalue weighted by Crippen LogP contribution is -2.54. The maximum absolute atomic E-state index is 13.1. The predicted octanol–water partition coefficient (Wildman–Crippen LogP) is 2.94. The minimum absolute atomic E-state index is 0.266. The molecule has 21 heavy (non-hydrogen) atoms. The molecule has 0 heterocycles. The molecule has 1 atom stereocenters. The highest BCUT2D eigenvalue weighted by molar-refractivity contribution is 5.84. The predicted molar refractivity (Wildman–Crippen MR) is 84.5 cm³/mol. The molecule has 2 fully saturated rings. The molecule has 2 aliphatic rings. The molecule has 114 valence electrons. The van der Waals surface area contributed by atoms with E-state index in [-0.39, 0.29) is 5.41 Å². The van der Waals surface area contributed by atoms with Crippen LogP contribution >= 0.6 is 0 Å². The van der Waals surface area contributed by atoms with Crippen molar-refractivity contribution in [3.8, 4) is 0 Å². The number of carbonyl (C=O) groups is 1. The number of hydrogen-bond donors (Lipinski definition) is 1. The second-order valence-corrected chi connectivity index (χ2v) is 6.83. The smallest absolute Gasteiger partial charge is 0.230 e. The van der Waals surface area contributed by atoms with Gasteiger partial charge in [-0.15, -0.1) is 0 Å². The van der Waals surface area contributed by atoms with Gasteiger partial charge in [0.1, 0.15) is 0 Å². The first kappa shape index (κ1) is 14.6. The number of benzene rings is 1. The minimum atomic E-state index is -0.266. The van der Waals surface area contributed by atoms with E-state index < -0.39 is 0 Å². The highest BCUT2D eigenvalue weighted by Crippen LogP contribution is 2.44. The molecule has 0 spiro atoms. The van der Waals surface area contributed by atoms with E-state index in [1.165, 1.54) is 18.4 Å². The average Bonchev–Trinajstić information content (AvgIpc) is 3.29. The van der Waals surface area contributed by atoms with Gasteiger partial charge in [-0.3, -0.25) is 4.79 Å². The molecule has 2 aliphatic carbocycles. The minimum Gasteiger partial charge on any atom is -0.335 e. The Balaban J connectivity index is 1.80. The first-order valence-corrected chi connectivity index (χ1v) is 8.21. The lowest BCUT2D eigenvalue weighted by Gasteiger charge is -2.44. The number of nitrogens with two attached hydrogens (primary N) is 1. The van der Waals surface area contributed by atoms with Gasteiger partial charge in [0.15, 0.2) is 0 Å². The molecule has 1 unspecified atom stereocenters. The highest BCUT2D eigenvalue weighted by atomic mass is 16.2. The summed E-state index contributed by atoms with van der Waals surface area (Å²) in [5, 5.41) is 0. The molecule has 0 radical (unpaired) electrons. The lowest BCUT2D eigenvalue weighted by atomic mass is 9.67. The Bertz CT molecular complexity index is 486. The van der Waals surface area contributed by atoms with Crippen molar-refractivity contribution in [2.45, 2.75) is 51.6 Å². The lowest BCUT2D eigenvalue weighted by molar-refractivity contribution is -0.150. The summed E-state index contributed by atoms with van der Waals surface area (Å²) in [6.07, 6.45) is 5.58. The summed E-state index contributed by atoms with van der Waals surface area (Å²) in [7, 11) is 0. The molecule has 0 bridgehead atoms. The number of nitrogens with zero attached hydrogens (tertiary/aromatic N) is 1. The fourth-order valence-electron chi connectivity index (χ4n) is 3.43. The molecule has 1 aromatic rings. The van der Waals surface area contributed by atoms with Gasteiger partial charge in [-0.2, -0.15) is 0 Å². The Morgan fingerprint density at radius 3 is 2.48 bits per heavy atom. The molecule has 1 aromatic carbocycles. The maximum Gasteiger partial charge on any atom is 0.230 e. The molecule has 2 saturated carbocycles. The summed E-state index contributed by atoms with van der Waals surface area (Å²) >= 11 is 0. The van der Waals surface area contributed by atoms with Gasteiger partial charge in [0, 0.05) is 19.1 Å². The third-order valence-electron chi connectivity index (χ3n) is 5.41. The molecular formula is C18H26N2O. The van der Waals surface area contributed by atoms with Gasteiger partial charge in [0.2, 0.25) is 5.91 Å². The number of carbonyl (C=O) groups excluding carboxylic acids is 1. The van der Waals surface area contributed by atoms with Crippen molar-refractivity contribution in [2.24, 2.45) is 17.1 Å². The van der Waals surface area contributed by atoms with Crippen molar-refractivity contribution in [1.82, 2.24) is 4.90 Å². The Labute approximate surface area is 127 Å². The van der Waals surface area contributed by atoms with Gasteiger partial charge in [0.25, 0.3) is 0 Å². The van der Waals surface area contributed by atoms with Crippen molar-refractivity contribution in [2.75, 3.05) is 6.54 Å². The number of amides is 1. The van der Waals surface area contributed by atoms with Crippen LogP contribution in [0.3, 0.4) is 0 Å². The summed E-state index contributed by atoms with van der Waals surface area (Å²) < 4.78 is 0. The zero-order valence-electron chi connectivity index (χ0n) is 12.9. The van der Waals surface area contributed by atoms with E-state index in [1.54, 1.807) is 0 Å². The van der Waals surface area contributed by atoms with Crippen LogP contribution in [-0.4, -0.2) is 23.4 Å². The fraction of sp³-hybridized carbons (Fsp3) is 0.611. The number of hydrogen-bond acceptors (Lipinski definition) is 2. The quantitative estimate of drug-likeness (QED) is 0.874. The Hall–Kier alpha value is -1.35. The molecule has 3 rings (SSSR count). The summed E-state index contributed by atoms with van der Waals surface area (Å²) in [6, 6.07) is 10.7. The van der Waals surface area contributed by atoms with Crippen LogP contribution in [-0.2, 0) is 11.3 Å². The fourth-order valence-corrected chi connectivity index (χ4v) is 3.43. The van der Waals surface area contributed by atoms with Crippen LogP contribution in [0.4, 0.5) is 0 Å². The second-order valence-electron chi connectivity index (χ2n) is 6.83. The maximum atomic E-state index is 13.1. The van der Waals surface area contributed by atoms with Crippen LogP contribution in [0, 0.1) is 11.3 Å². The zero-order chi connectivity index (χ0) is 14.9. The average molecular weight is 286 g/mol. The van der Waals surface area contributed by atoms with Gasteiger partial charge < -0.3 is 10.6 Å². The molecule has 0 saturated heterocycles. The number of rotatable bonds is 6. The van der Waals surface area contributed by atoms with Crippen LogP contribution in [0.15, 0.2) is 30.3 Å². The van der Waals surface area contributed by atoms with Crippen molar-refractivity contribution in [3.05, 3.63) is 35.9 Å². The summed E-state index contributed by atoms with van der Waals surface area (Å²) in [5.74, 6) is 0.979. The first-order valence-electron chi connectivity index (χ1n) is 8.21. The van der Waals surface area contributed by atoms with Crippen LogP contribution in [0.5, 0.6) is 0 Å². The Morgan fingerprint density at radius 2 is 2.00 bits per heavy atom. The molecule has 3 nitrogen and oxygen atoms in total. The molecule has 2 N–H and O–H groups in total. The van der Waals surface area contributed by atoms with Crippen molar-refractivity contribution in [1.29, 1.82) is 0 Å². The van der Waals surface area contributed by atoms with Crippen LogP contribution < -0.4 is 5.73 Å². The van der Waals surface area contributed by atoms with E-state index in [0.717, 1.165) is 25.8 Å². The van der Waals surface area contributed by atoms with E-state index in [4.69, 9.17) is 5.73 Å². The molecule has 0 aliphatic heterocycles. The third kappa shape index (κ3) is 2.84. The second kappa shape index (κ2) is 5.80. The highest BCUT2D eigenvalue weighted by Gasteiger charge is 2.47. The molecular weight excluding hydrogens is 260 g/mol. The van der Waals surface area contributed by atoms with E-state index in [0.29, 0.717) is 24.4 Å². The van der Waals surface area contributed by atoms with E-state index >= 15 is 0 Å². The standard InChI is InChI=1S/C18H26N2O/c1-14(16-8-9-16)20(12-15-6-3-2-4-7-15)17(21)18(13-19)10-5-11-18/h2-4,6-7,14,16H,5,8-13,19H2,1H3. The molecule has 0 aromatic heterocycles. The van der Waals surface area contributed by atoms with E-state index in [9.17, 15) is 4.79 Å². The van der Waals surface area contributed by atoms with Gasteiger partial charge >= 0.3 is 0 Å². The third-order valence-corrected chi connectivity index (χ3v) is 5.41. The molecule has 1 amide bonds. The topological polar surface area (TPSA) is 46.3 Å². The zero-order valence-corrected chi connectivity index (χ0v) is 12.9. The molecule has 3 heteroatoms. The van der Waals surface area contributed by atoms with Gasteiger partial charge in [-0.05, 0) is 44.1 Å². The SMILES string of the molecule is CC(C1CC1)N(Cc1ccccc1)C(=O)C1(CN)CCC1.